The summed E-state index contributed by atoms with van der Waals surface area (Å²) < 4.78 is 5.14. The highest BCUT2D eigenvalue weighted by Gasteiger charge is 2.04. The third-order valence-corrected chi connectivity index (χ3v) is 3.05. The Balaban J connectivity index is 2.05. The first-order valence-electron chi connectivity index (χ1n) is 6.16. The van der Waals surface area contributed by atoms with E-state index in [4.69, 9.17) is 4.74 Å². The summed E-state index contributed by atoms with van der Waals surface area (Å²) in [5.41, 5.74) is 3.68. The van der Waals surface area contributed by atoms with Crippen LogP contribution in [0, 0.1) is 6.92 Å². The van der Waals surface area contributed by atoms with Gasteiger partial charge in [-0.05, 0) is 43.7 Å². The quantitative estimate of drug-likeness (QED) is 0.867. The molecule has 2 rings (SSSR count). The van der Waals surface area contributed by atoms with Gasteiger partial charge >= 0.3 is 0 Å². The van der Waals surface area contributed by atoms with Gasteiger partial charge in [0.1, 0.15) is 5.75 Å². The number of hydrogen-bond acceptors (Lipinski definition) is 2. The molecule has 18 heavy (non-hydrogen) atoms. The zero-order valence-corrected chi connectivity index (χ0v) is 11.1. The molecule has 2 heteroatoms. The maximum Gasteiger partial charge on any atom is 0.119 e. The minimum Gasteiger partial charge on any atom is -0.497 e. The van der Waals surface area contributed by atoms with Gasteiger partial charge in [-0.15, -0.1) is 0 Å². The second kappa shape index (κ2) is 5.58. The van der Waals surface area contributed by atoms with E-state index in [0.29, 0.717) is 6.04 Å². The van der Waals surface area contributed by atoms with Crippen LogP contribution in [0.2, 0.25) is 0 Å². The molecule has 0 aliphatic rings. The molecule has 2 aromatic rings. The molecule has 94 valence electrons. The summed E-state index contributed by atoms with van der Waals surface area (Å²) in [6.07, 6.45) is 0. The zero-order valence-electron chi connectivity index (χ0n) is 11.1. The molecule has 0 aromatic heterocycles. The predicted octanol–water partition coefficient (Wildman–Crippen LogP) is 4.18. The molecule has 0 fully saturated rings. The minimum atomic E-state index is 0.291. The summed E-state index contributed by atoms with van der Waals surface area (Å²) >= 11 is 0. The molecule has 0 saturated carbocycles. The molecule has 0 unspecified atom stereocenters. The Morgan fingerprint density at radius 3 is 2.11 bits per heavy atom. The van der Waals surface area contributed by atoms with Gasteiger partial charge in [0.2, 0.25) is 0 Å². The standard InChI is InChI=1S/C16H19NO/c1-12-4-6-14(7-5-12)13(2)17-15-8-10-16(18-3)11-9-15/h4-11,13,17H,1-3H3/t13-/m0/s1. The molecule has 0 aliphatic heterocycles. The number of hydrogen-bond donors (Lipinski definition) is 1. The van der Waals surface area contributed by atoms with Gasteiger partial charge in [-0.1, -0.05) is 29.8 Å². The average Bonchev–Trinajstić information content (AvgIpc) is 2.40. The maximum absolute atomic E-state index is 5.14. The molecular weight excluding hydrogens is 222 g/mol. The van der Waals surface area contributed by atoms with Crippen molar-refractivity contribution in [3.05, 3.63) is 59.7 Å². The van der Waals surface area contributed by atoms with Crippen LogP contribution in [0.3, 0.4) is 0 Å². The number of benzene rings is 2. The second-order valence-corrected chi connectivity index (χ2v) is 4.51. The largest absolute Gasteiger partial charge is 0.497 e. The van der Waals surface area contributed by atoms with E-state index in [0.717, 1.165) is 11.4 Å². The number of ether oxygens (including phenoxy) is 1. The zero-order chi connectivity index (χ0) is 13.0. The normalized spacial score (nSPS) is 11.9. The Hall–Kier alpha value is -1.96. The van der Waals surface area contributed by atoms with Crippen LogP contribution >= 0.6 is 0 Å². The first-order valence-corrected chi connectivity index (χ1v) is 6.16. The van der Waals surface area contributed by atoms with Gasteiger partial charge < -0.3 is 10.1 Å². The van der Waals surface area contributed by atoms with Crippen molar-refractivity contribution < 1.29 is 4.74 Å². The van der Waals surface area contributed by atoms with E-state index in [9.17, 15) is 0 Å². The number of nitrogens with one attached hydrogen (secondary N) is 1. The van der Waals surface area contributed by atoms with Crippen LogP contribution in [-0.4, -0.2) is 7.11 Å². The van der Waals surface area contributed by atoms with Gasteiger partial charge in [-0.2, -0.15) is 0 Å². The Kier molecular flexibility index (Phi) is 3.88. The van der Waals surface area contributed by atoms with Crippen LogP contribution in [0.25, 0.3) is 0 Å². The molecule has 1 atom stereocenters. The van der Waals surface area contributed by atoms with E-state index in [-0.39, 0.29) is 0 Å². The van der Waals surface area contributed by atoms with E-state index in [2.05, 4.69) is 43.4 Å². The Morgan fingerprint density at radius 1 is 0.944 bits per heavy atom. The SMILES string of the molecule is COc1ccc(N[C@@H](C)c2ccc(C)cc2)cc1. The molecule has 0 aliphatic carbocycles. The summed E-state index contributed by atoms with van der Waals surface area (Å²) in [4.78, 5) is 0. The molecule has 1 N–H and O–H groups in total. The van der Waals surface area contributed by atoms with Crippen molar-refractivity contribution in [2.45, 2.75) is 19.9 Å². The topological polar surface area (TPSA) is 21.3 Å². The molecule has 0 saturated heterocycles. The lowest BCUT2D eigenvalue weighted by Gasteiger charge is -2.16. The van der Waals surface area contributed by atoms with Crippen LogP contribution in [0.5, 0.6) is 5.75 Å². The van der Waals surface area contributed by atoms with Gasteiger partial charge in [-0.25, -0.2) is 0 Å². The van der Waals surface area contributed by atoms with Crippen LogP contribution in [-0.2, 0) is 0 Å². The number of methoxy groups -OCH3 is 1. The molecule has 0 amide bonds. The molecule has 2 aromatic carbocycles. The molecule has 0 heterocycles. The number of rotatable bonds is 4. The fourth-order valence-electron chi connectivity index (χ4n) is 1.88. The molecule has 0 radical (unpaired) electrons. The molecule has 0 spiro atoms. The fourth-order valence-corrected chi connectivity index (χ4v) is 1.88. The minimum absolute atomic E-state index is 0.291. The van der Waals surface area contributed by atoms with Crippen LogP contribution in [0.4, 0.5) is 5.69 Å². The Bertz CT molecular complexity index is 488. The van der Waals surface area contributed by atoms with E-state index in [1.165, 1.54) is 11.1 Å². The Morgan fingerprint density at radius 2 is 1.56 bits per heavy atom. The lowest BCUT2D eigenvalue weighted by atomic mass is 10.1. The van der Waals surface area contributed by atoms with Crippen molar-refractivity contribution in [2.24, 2.45) is 0 Å². The highest BCUT2D eigenvalue weighted by atomic mass is 16.5. The molecular formula is C16H19NO. The van der Waals surface area contributed by atoms with Crippen LogP contribution < -0.4 is 10.1 Å². The van der Waals surface area contributed by atoms with Gasteiger partial charge in [-0.3, -0.25) is 0 Å². The summed E-state index contributed by atoms with van der Waals surface area (Å²) in [6.45, 7) is 4.26. The van der Waals surface area contributed by atoms with Crippen molar-refractivity contribution in [3.63, 3.8) is 0 Å². The predicted molar refractivity (Wildman–Crippen MR) is 76.2 cm³/mol. The lowest BCUT2D eigenvalue weighted by molar-refractivity contribution is 0.415. The second-order valence-electron chi connectivity index (χ2n) is 4.51. The highest BCUT2D eigenvalue weighted by Crippen LogP contribution is 2.21. The summed E-state index contributed by atoms with van der Waals surface area (Å²) in [5, 5.41) is 3.47. The summed E-state index contributed by atoms with van der Waals surface area (Å²) in [7, 11) is 1.68. The number of anilines is 1. The first kappa shape index (κ1) is 12.5. The van der Waals surface area contributed by atoms with Crippen LogP contribution in [0.15, 0.2) is 48.5 Å². The van der Waals surface area contributed by atoms with Gasteiger partial charge in [0, 0.05) is 11.7 Å². The smallest absolute Gasteiger partial charge is 0.119 e. The summed E-state index contributed by atoms with van der Waals surface area (Å²) in [5.74, 6) is 0.878. The third kappa shape index (κ3) is 3.04. The third-order valence-electron chi connectivity index (χ3n) is 3.05. The van der Waals surface area contributed by atoms with E-state index in [1.54, 1.807) is 7.11 Å². The monoisotopic (exact) mass is 241 g/mol. The van der Waals surface area contributed by atoms with Crippen LogP contribution in [0.1, 0.15) is 24.1 Å². The van der Waals surface area contributed by atoms with Crippen molar-refractivity contribution in [1.82, 2.24) is 0 Å². The van der Waals surface area contributed by atoms with Crippen molar-refractivity contribution in [2.75, 3.05) is 12.4 Å². The van der Waals surface area contributed by atoms with E-state index >= 15 is 0 Å². The number of aryl methyl sites for hydroxylation is 1. The molecule has 0 bridgehead atoms. The molecule has 2 nitrogen and oxygen atoms in total. The Labute approximate surface area is 109 Å². The first-order chi connectivity index (χ1) is 8.69. The maximum atomic E-state index is 5.14. The highest BCUT2D eigenvalue weighted by molar-refractivity contribution is 5.48. The van der Waals surface area contributed by atoms with Crippen molar-refractivity contribution >= 4 is 5.69 Å². The van der Waals surface area contributed by atoms with Gasteiger partial charge in [0.25, 0.3) is 0 Å². The fraction of sp³-hybridized carbons (Fsp3) is 0.250. The van der Waals surface area contributed by atoms with Gasteiger partial charge in [0.15, 0.2) is 0 Å². The van der Waals surface area contributed by atoms with Gasteiger partial charge in [0.05, 0.1) is 7.11 Å². The summed E-state index contributed by atoms with van der Waals surface area (Å²) in [6, 6.07) is 16.9. The van der Waals surface area contributed by atoms with E-state index < -0.39 is 0 Å². The van der Waals surface area contributed by atoms with Crippen molar-refractivity contribution in [1.29, 1.82) is 0 Å². The van der Waals surface area contributed by atoms with Crippen molar-refractivity contribution in [3.8, 4) is 5.75 Å². The average molecular weight is 241 g/mol. The van der Waals surface area contributed by atoms with E-state index in [1.807, 2.05) is 24.3 Å². The lowest BCUT2D eigenvalue weighted by Crippen LogP contribution is -2.06.